The molecule has 0 aliphatic carbocycles. The maximum Gasteiger partial charge on any atom is 0.275 e. The number of nitrogen functional groups attached to an aromatic ring is 1. The van der Waals surface area contributed by atoms with Crippen LogP contribution in [-0.2, 0) is 6.61 Å². The van der Waals surface area contributed by atoms with Crippen LogP contribution in [0.5, 0.6) is 11.5 Å². The van der Waals surface area contributed by atoms with Crippen molar-refractivity contribution in [3.8, 4) is 11.5 Å². The van der Waals surface area contributed by atoms with Crippen LogP contribution < -0.4 is 20.7 Å². The molecular weight excluding hydrogens is 274 g/mol. The van der Waals surface area contributed by atoms with Crippen LogP contribution in [0.1, 0.15) is 5.56 Å². The number of benzene rings is 2. The SMILES string of the molecule is COc1ccc(COc2cc(NN)cc([N+](=O)[O-])c2)cc1. The molecule has 0 spiro atoms. The lowest BCUT2D eigenvalue weighted by Gasteiger charge is -2.09. The minimum atomic E-state index is -0.499. The Hall–Kier alpha value is -2.80. The lowest BCUT2D eigenvalue weighted by molar-refractivity contribution is -0.384. The third-order valence-corrected chi connectivity index (χ3v) is 2.83. The van der Waals surface area contributed by atoms with Gasteiger partial charge in [-0.15, -0.1) is 0 Å². The summed E-state index contributed by atoms with van der Waals surface area (Å²) >= 11 is 0. The summed E-state index contributed by atoms with van der Waals surface area (Å²) < 4.78 is 10.6. The van der Waals surface area contributed by atoms with Crippen molar-refractivity contribution < 1.29 is 14.4 Å². The largest absolute Gasteiger partial charge is 0.497 e. The number of anilines is 1. The molecule has 2 aromatic carbocycles. The van der Waals surface area contributed by atoms with Gasteiger partial charge in [0, 0.05) is 12.1 Å². The van der Waals surface area contributed by atoms with Gasteiger partial charge in [-0.2, -0.15) is 0 Å². The number of methoxy groups -OCH3 is 1. The average molecular weight is 289 g/mol. The minimum Gasteiger partial charge on any atom is -0.497 e. The van der Waals surface area contributed by atoms with Crippen molar-refractivity contribution in [2.75, 3.05) is 12.5 Å². The molecule has 3 N–H and O–H groups in total. The normalized spacial score (nSPS) is 10.0. The van der Waals surface area contributed by atoms with Gasteiger partial charge in [-0.3, -0.25) is 16.0 Å². The molecule has 7 heteroatoms. The molecule has 0 radical (unpaired) electrons. The third kappa shape index (κ3) is 3.83. The average Bonchev–Trinajstić information content (AvgIpc) is 2.53. The van der Waals surface area contributed by atoms with Crippen LogP contribution >= 0.6 is 0 Å². The highest BCUT2D eigenvalue weighted by molar-refractivity contribution is 5.55. The van der Waals surface area contributed by atoms with Crippen LogP contribution in [0.3, 0.4) is 0 Å². The number of nitrogens with one attached hydrogen (secondary N) is 1. The number of non-ortho nitro benzene ring substituents is 1. The van der Waals surface area contributed by atoms with Crippen molar-refractivity contribution >= 4 is 11.4 Å². The standard InChI is InChI=1S/C14H15N3O4/c1-20-13-4-2-10(3-5-13)9-21-14-7-11(16-15)6-12(8-14)17(18)19/h2-8,16H,9,15H2,1H3. The van der Waals surface area contributed by atoms with E-state index in [9.17, 15) is 10.1 Å². The van der Waals surface area contributed by atoms with Gasteiger partial charge in [0.15, 0.2) is 0 Å². The molecule has 0 heterocycles. The van der Waals surface area contributed by atoms with Gasteiger partial charge in [0.2, 0.25) is 0 Å². The molecule has 0 bridgehead atoms. The van der Waals surface area contributed by atoms with Gasteiger partial charge in [-0.05, 0) is 17.7 Å². The fourth-order valence-corrected chi connectivity index (χ4v) is 1.74. The van der Waals surface area contributed by atoms with Gasteiger partial charge in [-0.1, -0.05) is 12.1 Å². The van der Waals surface area contributed by atoms with Crippen LogP contribution in [0, 0.1) is 10.1 Å². The fourth-order valence-electron chi connectivity index (χ4n) is 1.74. The molecule has 2 rings (SSSR count). The summed E-state index contributed by atoms with van der Waals surface area (Å²) in [6.45, 7) is 0.287. The summed E-state index contributed by atoms with van der Waals surface area (Å²) in [6.07, 6.45) is 0. The number of ether oxygens (including phenoxy) is 2. The van der Waals surface area contributed by atoms with Crippen molar-refractivity contribution in [1.82, 2.24) is 0 Å². The van der Waals surface area contributed by atoms with E-state index in [-0.39, 0.29) is 12.3 Å². The topological polar surface area (TPSA) is 99.7 Å². The van der Waals surface area contributed by atoms with E-state index in [1.807, 2.05) is 24.3 Å². The Labute approximate surface area is 121 Å². The second-order valence-corrected chi connectivity index (χ2v) is 4.25. The van der Waals surface area contributed by atoms with Crippen molar-refractivity contribution in [3.05, 3.63) is 58.1 Å². The Morgan fingerprint density at radius 2 is 1.90 bits per heavy atom. The first-order valence-corrected chi connectivity index (χ1v) is 6.14. The molecule has 0 amide bonds. The Morgan fingerprint density at radius 3 is 2.48 bits per heavy atom. The zero-order valence-corrected chi connectivity index (χ0v) is 11.4. The van der Waals surface area contributed by atoms with Crippen LogP contribution in [0.4, 0.5) is 11.4 Å². The predicted molar refractivity (Wildman–Crippen MR) is 78.2 cm³/mol. The van der Waals surface area contributed by atoms with E-state index in [4.69, 9.17) is 15.3 Å². The minimum absolute atomic E-state index is 0.0878. The summed E-state index contributed by atoms with van der Waals surface area (Å²) in [5, 5.41) is 10.8. The number of nitro benzene ring substituents is 1. The summed E-state index contributed by atoms with van der Waals surface area (Å²) in [5.41, 5.74) is 3.62. The zero-order chi connectivity index (χ0) is 15.2. The van der Waals surface area contributed by atoms with Crippen LogP contribution in [0.2, 0.25) is 0 Å². The van der Waals surface area contributed by atoms with Crippen molar-refractivity contribution in [3.63, 3.8) is 0 Å². The monoisotopic (exact) mass is 289 g/mol. The molecule has 21 heavy (non-hydrogen) atoms. The summed E-state index contributed by atoms with van der Waals surface area (Å²) in [7, 11) is 1.59. The van der Waals surface area contributed by atoms with Crippen molar-refractivity contribution in [2.24, 2.45) is 5.84 Å². The van der Waals surface area contributed by atoms with Gasteiger partial charge in [0.25, 0.3) is 5.69 Å². The molecular formula is C14H15N3O4. The van der Waals surface area contributed by atoms with Crippen LogP contribution in [-0.4, -0.2) is 12.0 Å². The molecule has 0 fully saturated rings. The Bertz CT molecular complexity index is 629. The van der Waals surface area contributed by atoms with Gasteiger partial charge in [-0.25, -0.2) is 0 Å². The molecule has 0 saturated heterocycles. The number of hydrogen-bond donors (Lipinski definition) is 2. The van der Waals surface area contributed by atoms with E-state index in [2.05, 4.69) is 5.43 Å². The molecule has 7 nitrogen and oxygen atoms in total. The first-order chi connectivity index (χ1) is 10.1. The first-order valence-electron chi connectivity index (χ1n) is 6.14. The maximum absolute atomic E-state index is 10.8. The highest BCUT2D eigenvalue weighted by Crippen LogP contribution is 2.26. The summed E-state index contributed by atoms with van der Waals surface area (Å²) in [4.78, 5) is 10.3. The smallest absolute Gasteiger partial charge is 0.275 e. The molecule has 0 aromatic heterocycles. The number of rotatable bonds is 6. The van der Waals surface area contributed by atoms with Crippen LogP contribution in [0.15, 0.2) is 42.5 Å². The fraction of sp³-hybridized carbons (Fsp3) is 0.143. The Morgan fingerprint density at radius 1 is 1.19 bits per heavy atom. The second-order valence-electron chi connectivity index (χ2n) is 4.25. The summed E-state index contributed by atoms with van der Waals surface area (Å²) in [5.74, 6) is 6.41. The van der Waals surface area contributed by atoms with E-state index in [0.717, 1.165) is 11.3 Å². The third-order valence-electron chi connectivity index (χ3n) is 2.83. The molecule has 110 valence electrons. The van der Waals surface area contributed by atoms with E-state index < -0.39 is 4.92 Å². The lowest BCUT2D eigenvalue weighted by atomic mass is 10.2. The first kappa shape index (κ1) is 14.6. The van der Waals surface area contributed by atoms with E-state index in [1.54, 1.807) is 13.2 Å². The number of hydrogen-bond acceptors (Lipinski definition) is 6. The highest BCUT2D eigenvalue weighted by Gasteiger charge is 2.10. The molecule has 0 atom stereocenters. The zero-order valence-electron chi connectivity index (χ0n) is 11.4. The number of nitrogens with two attached hydrogens (primary N) is 1. The van der Waals surface area contributed by atoms with Gasteiger partial charge >= 0.3 is 0 Å². The van der Waals surface area contributed by atoms with E-state index in [0.29, 0.717) is 11.4 Å². The molecule has 2 aromatic rings. The molecule has 0 aliphatic rings. The maximum atomic E-state index is 10.8. The van der Waals surface area contributed by atoms with Gasteiger partial charge in [0.1, 0.15) is 18.1 Å². The Balaban J connectivity index is 2.11. The second kappa shape index (κ2) is 6.58. The van der Waals surface area contributed by atoms with Crippen molar-refractivity contribution in [1.29, 1.82) is 0 Å². The quantitative estimate of drug-likeness (QED) is 0.481. The highest BCUT2D eigenvalue weighted by atomic mass is 16.6. The van der Waals surface area contributed by atoms with E-state index in [1.165, 1.54) is 12.1 Å². The number of nitrogens with zero attached hydrogens (tertiary/aromatic N) is 1. The molecule has 0 saturated carbocycles. The summed E-state index contributed by atoms with van der Waals surface area (Å²) in [6, 6.07) is 11.6. The molecule has 0 aliphatic heterocycles. The van der Waals surface area contributed by atoms with Gasteiger partial charge in [0.05, 0.1) is 23.8 Å². The van der Waals surface area contributed by atoms with Crippen LogP contribution in [0.25, 0.3) is 0 Å². The van der Waals surface area contributed by atoms with Gasteiger partial charge < -0.3 is 14.9 Å². The van der Waals surface area contributed by atoms with Crippen molar-refractivity contribution in [2.45, 2.75) is 6.61 Å². The Kier molecular flexibility index (Phi) is 4.57. The van der Waals surface area contributed by atoms with E-state index >= 15 is 0 Å². The molecule has 0 unspecified atom stereocenters. The number of hydrazine groups is 1. The number of nitro groups is 1. The predicted octanol–water partition coefficient (Wildman–Crippen LogP) is 2.47. The lowest BCUT2D eigenvalue weighted by Crippen LogP contribution is -2.07.